The van der Waals surface area contributed by atoms with Crippen LogP contribution < -0.4 is 0 Å². The van der Waals surface area contributed by atoms with Crippen molar-refractivity contribution in [2.75, 3.05) is 0 Å². The van der Waals surface area contributed by atoms with Crippen LogP contribution in [0, 0.1) is 0 Å². The molecule has 6 rings (SSSR count). The average Bonchev–Trinajstić information content (AvgIpc) is 3.09. The Morgan fingerprint density at radius 3 is 2.03 bits per heavy atom. The van der Waals surface area contributed by atoms with E-state index in [-0.39, 0.29) is 3.42 Å². The summed E-state index contributed by atoms with van der Waals surface area (Å²) < 4.78 is 2.01. The highest BCUT2D eigenvalue weighted by Gasteiger charge is 2.20. The van der Waals surface area contributed by atoms with Gasteiger partial charge < -0.3 is 0 Å². The van der Waals surface area contributed by atoms with Gasteiger partial charge in [-0.1, -0.05) is 120 Å². The number of halogens is 1. The van der Waals surface area contributed by atoms with Crippen LogP contribution in [0.25, 0.3) is 44.7 Å². The lowest BCUT2D eigenvalue weighted by molar-refractivity contribution is 0.930. The summed E-state index contributed by atoms with van der Waals surface area (Å²) in [5.74, 6) is 1.93. The van der Waals surface area contributed by atoms with Crippen molar-refractivity contribution in [1.29, 1.82) is 0 Å². The van der Waals surface area contributed by atoms with E-state index in [1.165, 1.54) is 10.8 Å². The lowest BCUT2D eigenvalue weighted by atomic mass is 10.1. The number of hydrogen-bond donors (Lipinski definition) is 0. The first kappa shape index (κ1) is 21.0. The Kier molecular flexibility index (Phi) is 5.14. The van der Waals surface area contributed by atoms with Crippen LogP contribution in [-0.2, 0) is 0 Å². The molecule has 0 saturated carbocycles. The smallest absolute Gasteiger partial charge is 0.238 e. The minimum Gasteiger partial charge on any atom is -0.278 e. The first-order valence-electron chi connectivity index (χ1n) is 11.2. The van der Waals surface area contributed by atoms with Gasteiger partial charge in [0.2, 0.25) is 5.95 Å². The molecule has 0 saturated heterocycles. The number of hydrogen-bond acceptors (Lipinski definition) is 3. The van der Waals surface area contributed by atoms with Crippen LogP contribution in [0.3, 0.4) is 0 Å². The maximum atomic E-state index is 5.02. The summed E-state index contributed by atoms with van der Waals surface area (Å²) in [6, 6.07) is 26.9. The Morgan fingerprint density at radius 1 is 0.706 bits per heavy atom. The third-order valence-electron chi connectivity index (χ3n) is 5.94. The van der Waals surface area contributed by atoms with E-state index < -0.39 is 0 Å². The molecule has 0 aliphatic heterocycles. The molecule has 5 aromatic rings. The highest BCUT2D eigenvalue weighted by molar-refractivity contribution is 14.1. The fraction of sp³-hybridized carbons (Fsp3) is 0.0690. The van der Waals surface area contributed by atoms with Crippen LogP contribution in [-0.4, -0.2) is 22.9 Å². The van der Waals surface area contributed by atoms with Gasteiger partial charge in [-0.05, 0) is 19.1 Å². The summed E-state index contributed by atoms with van der Waals surface area (Å²) in [4.78, 5) is 14.9. The number of aromatic nitrogens is 4. The number of allylic oxidation sites excluding steroid dienone is 6. The Balaban J connectivity index is 1.67. The van der Waals surface area contributed by atoms with Crippen molar-refractivity contribution >= 4 is 50.0 Å². The lowest BCUT2D eigenvalue weighted by Gasteiger charge is -2.14. The van der Waals surface area contributed by atoms with Crippen molar-refractivity contribution in [2.24, 2.45) is 0 Å². The summed E-state index contributed by atoms with van der Waals surface area (Å²) in [7, 11) is 0. The van der Waals surface area contributed by atoms with Crippen molar-refractivity contribution in [1.82, 2.24) is 19.5 Å². The zero-order valence-electron chi connectivity index (χ0n) is 18.6. The molecule has 2 aromatic heterocycles. The molecule has 3 aromatic carbocycles. The molecular formula is C29H21IN4. The number of alkyl halides is 1. The third kappa shape index (κ3) is 3.76. The molecule has 4 nitrogen and oxygen atoms in total. The lowest BCUT2D eigenvalue weighted by Crippen LogP contribution is -2.10. The molecule has 1 unspecified atom stereocenters. The molecule has 1 aliphatic carbocycles. The first-order chi connectivity index (χ1) is 16.6. The number of para-hydroxylation sites is 2. The molecule has 164 valence electrons. The number of rotatable bonds is 3. The van der Waals surface area contributed by atoms with E-state index in [0.717, 1.165) is 22.2 Å². The molecule has 5 heteroatoms. The highest BCUT2D eigenvalue weighted by Crippen LogP contribution is 2.33. The van der Waals surface area contributed by atoms with E-state index in [1.807, 2.05) is 36.4 Å². The number of fused-ring (bicyclic) bond motifs is 3. The largest absolute Gasteiger partial charge is 0.278 e. The normalized spacial score (nSPS) is 17.8. The predicted octanol–water partition coefficient (Wildman–Crippen LogP) is 7.34. The molecule has 0 radical (unpaired) electrons. The first-order valence-corrected chi connectivity index (χ1v) is 12.3. The van der Waals surface area contributed by atoms with Gasteiger partial charge in [-0.25, -0.2) is 4.98 Å². The van der Waals surface area contributed by atoms with Crippen LogP contribution in [0.4, 0.5) is 0 Å². The molecule has 0 amide bonds. The zero-order valence-corrected chi connectivity index (χ0v) is 20.7. The van der Waals surface area contributed by atoms with E-state index in [4.69, 9.17) is 15.0 Å². The monoisotopic (exact) mass is 552 g/mol. The van der Waals surface area contributed by atoms with Crippen molar-refractivity contribution in [3.8, 4) is 17.3 Å². The standard InChI is InChI=1S/C29H21IN4/c1-29(30)18-10-9-13-21(19-29)27-31-26(20-11-3-2-4-12-20)32-28(33-27)34-24-16-7-5-14-22(24)23-15-6-8-17-25(23)34/h2-19H,1H3. The molecule has 1 atom stereocenters. The highest BCUT2D eigenvalue weighted by atomic mass is 127. The summed E-state index contributed by atoms with van der Waals surface area (Å²) in [6.07, 6.45) is 10.6. The van der Waals surface area contributed by atoms with E-state index in [9.17, 15) is 0 Å². The topological polar surface area (TPSA) is 43.6 Å². The molecule has 0 N–H and O–H groups in total. The summed E-state index contributed by atoms with van der Waals surface area (Å²) >= 11 is 2.44. The predicted molar refractivity (Wildman–Crippen MR) is 148 cm³/mol. The van der Waals surface area contributed by atoms with Crippen molar-refractivity contribution in [3.05, 3.63) is 115 Å². The SMILES string of the molecule is CC1(I)C=CC=CC(c2nc(-c3ccccc3)nc(-n3c4ccccc4c4ccccc43)n2)=C1. The third-order valence-corrected chi connectivity index (χ3v) is 6.61. The maximum absolute atomic E-state index is 5.02. The van der Waals surface area contributed by atoms with Gasteiger partial charge in [-0.3, -0.25) is 4.57 Å². The molecule has 2 heterocycles. The van der Waals surface area contributed by atoms with Gasteiger partial charge >= 0.3 is 0 Å². The molecular weight excluding hydrogens is 531 g/mol. The molecule has 0 fully saturated rings. The maximum Gasteiger partial charge on any atom is 0.238 e. The van der Waals surface area contributed by atoms with Gasteiger partial charge in [0.25, 0.3) is 0 Å². The van der Waals surface area contributed by atoms with Gasteiger partial charge in [-0.2, -0.15) is 9.97 Å². The van der Waals surface area contributed by atoms with Crippen LogP contribution in [0.5, 0.6) is 0 Å². The molecule has 0 bridgehead atoms. The van der Waals surface area contributed by atoms with Crippen LogP contribution in [0.2, 0.25) is 0 Å². The van der Waals surface area contributed by atoms with E-state index in [2.05, 4.69) is 107 Å². The quantitative estimate of drug-likeness (QED) is 0.174. The van der Waals surface area contributed by atoms with Crippen molar-refractivity contribution in [3.63, 3.8) is 0 Å². The Hall–Kier alpha value is -3.58. The summed E-state index contributed by atoms with van der Waals surface area (Å²) in [6.45, 7) is 2.17. The van der Waals surface area contributed by atoms with Gasteiger partial charge in [0.15, 0.2) is 11.6 Å². The second-order valence-corrected chi connectivity index (χ2v) is 10.8. The van der Waals surface area contributed by atoms with E-state index in [0.29, 0.717) is 17.6 Å². The van der Waals surface area contributed by atoms with Crippen LogP contribution >= 0.6 is 22.6 Å². The molecule has 0 spiro atoms. The fourth-order valence-electron chi connectivity index (χ4n) is 4.39. The average molecular weight is 552 g/mol. The van der Waals surface area contributed by atoms with Crippen LogP contribution in [0.1, 0.15) is 12.7 Å². The Labute approximate surface area is 211 Å². The van der Waals surface area contributed by atoms with Gasteiger partial charge in [0, 0.05) is 21.9 Å². The number of nitrogens with zero attached hydrogens (tertiary/aromatic N) is 4. The second-order valence-electron chi connectivity index (χ2n) is 8.49. The van der Waals surface area contributed by atoms with Crippen LogP contribution in [0.15, 0.2) is 109 Å². The fourth-order valence-corrected chi connectivity index (χ4v) is 4.93. The minimum absolute atomic E-state index is 0.136. The van der Waals surface area contributed by atoms with Crippen molar-refractivity contribution in [2.45, 2.75) is 10.3 Å². The number of benzene rings is 3. The minimum atomic E-state index is -0.136. The van der Waals surface area contributed by atoms with E-state index >= 15 is 0 Å². The van der Waals surface area contributed by atoms with Crippen molar-refractivity contribution < 1.29 is 0 Å². The van der Waals surface area contributed by atoms with Gasteiger partial charge in [0.05, 0.1) is 14.5 Å². The molecule has 34 heavy (non-hydrogen) atoms. The van der Waals surface area contributed by atoms with E-state index in [1.54, 1.807) is 0 Å². The summed E-state index contributed by atoms with van der Waals surface area (Å²) in [5, 5.41) is 2.36. The Morgan fingerprint density at radius 2 is 1.32 bits per heavy atom. The second kappa shape index (κ2) is 8.33. The zero-order chi connectivity index (χ0) is 23.1. The Bertz CT molecular complexity index is 1570. The summed E-state index contributed by atoms with van der Waals surface area (Å²) in [5.41, 5.74) is 4.08. The van der Waals surface area contributed by atoms with Gasteiger partial charge in [0.1, 0.15) is 0 Å². The van der Waals surface area contributed by atoms with Gasteiger partial charge in [-0.15, -0.1) is 0 Å². The molecule has 1 aliphatic rings.